The van der Waals surface area contributed by atoms with E-state index in [1.54, 1.807) is 6.08 Å². The lowest BCUT2D eigenvalue weighted by Crippen LogP contribution is -2.05. The number of allylic oxidation sites excluding steroid dienone is 1. The summed E-state index contributed by atoms with van der Waals surface area (Å²) in [7, 11) is 0. The van der Waals surface area contributed by atoms with Crippen LogP contribution in [0.3, 0.4) is 0 Å². The second-order valence-corrected chi connectivity index (χ2v) is 8.02. The average Bonchev–Trinajstić information content (AvgIpc) is 2.79. The van der Waals surface area contributed by atoms with Gasteiger partial charge in [-0.25, -0.2) is 0 Å². The summed E-state index contributed by atoms with van der Waals surface area (Å²) >= 11 is 0. The van der Waals surface area contributed by atoms with Crippen molar-refractivity contribution in [3.05, 3.63) is 77.4 Å². The van der Waals surface area contributed by atoms with Crippen LogP contribution in [0.25, 0.3) is 12.2 Å². The molecule has 0 aliphatic heterocycles. The van der Waals surface area contributed by atoms with Crippen molar-refractivity contribution in [3.8, 4) is 5.75 Å². The molecule has 0 aliphatic carbocycles. The highest BCUT2D eigenvalue weighted by molar-refractivity contribution is 5.72. The number of unbranched alkanes of at least 4 members (excludes halogenated alkanes) is 4. The monoisotopic (exact) mass is 420 g/mol. The molecular formula is C30H44O. The first-order valence-corrected chi connectivity index (χ1v) is 12.3. The van der Waals surface area contributed by atoms with E-state index in [1.165, 1.54) is 60.8 Å². The molecule has 0 spiro atoms. The van der Waals surface area contributed by atoms with Gasteiger partial charge in [-0.15, -0.1) is 6.58 Å². The van der Waals surface area contributed by atoms with E-state index < -0.39 is 0 Å². The van der Waals surface area contributed by atoms with Crippen LogP contribution in [0.5, 0.6) is 5.75 Å². The van der Waals surface area contributed by atoms with Gasteiger partial charge in [0.1, 0.15) is 5.75 Å². The fourth-order valence-electron chi connectivity index (χ4n) is 3.54. The molecule has 0 radical (unpaired) electrons. The highest BCUT2D eigenvalue weighted by atomic mass is 16.5. The molecule has 0 saturated carbocycles. The molecule has 1 heteroatoms. The van der Waals surface area contributed by atoms with Gasteiger partial charge >= 0.3 is 0 Å². The van der Waals surface area contributed by atoms with Crippen LogP contribution < -0.4 is 4.74 Å². The van der Waals surface area contributed by atoms with Crippen molar-refractivity contribution in [1.29, 1.82) is 0 Å². The molecule has 0 amide bonds. The van der Waals surface area contributed by atoms with Crippen molar-refractivity contribution in [3.63, 3.8) is 0 Å². The van der Waals surface area contributed by atoms with Gasteiger partial charge in [-0.3, -0.25) is 0 Å². The molecule has 170 valence electrons. The van der Waals surface area contributed by atoms with Crippen LogP contribution in [-0.2, 0) is 12.8 Å². The minimum atomic E-state index is 0.833. The van der Waals surface area contributed by atoms with Crippen molar-refractivity contribution in [2.45, 2.75) is 85.5 Å². The van der Waals surface area contributed by atoms with Gasteiger partial charge in [0.2, 0.25) is 0 Å². The maximum Gasteiger partial charge on any atom is 0.122 e. The lowest BCUT2D eigenvalue weighted by Gasteiger charge is -2.18. The van der Waals surface area contributed by atoms with Crippen LogP contribution in [-0.4, -0.2) is 6.61 Å². The minimum absolute atomic E-state index is 0.833. The SMILES string of the molecule is C=CC.CCCCCOc1ccc(C=Cc2ccccc2)c(CCCC)c1CCCC. The molecule has 0 N–H and O–H groups in total. The van der Waals surface area contributed by atoms with Crippen molar-refractivity contribution < 1.29 is 4.74 Å². The van der Waals surface area contributed by atoms with Crippen LogP contribution in [0.1, 0.15) is 94.9 Å². The largest absolute Gasteiger partial charge is 0.493 e. The number of ether oxygens (including phenoxy) is 1. The molecule has 2 rings (SSSR count). The Labute approximate surface area is 192 Å². The smallest absolute Gasteiger partial charge is 0.122 e. The molecule has 31 heavy (non-hydrogen) atoms. The molecule has 2 aromatic carbocycles. The Morgan fingerprint density at radius 3 is 1.97 bits per heavy atom. The normalized spacial score (nSPS) is 10.6. The molecule has 0 fully saturated rings. The molecule has 1 nitrogen and oxygen atoms in total. The first-order chi connectivity index (χ1) is 15.2. The summed E-state index contributed by atoms with van der Waals surface area (Å²) in [6, 6.07) is 15.0. The van der Waals surface area contributed by atoms with E-state index in [0.29, 0.717) is 0 Å². The van der Waals surface area contributed by atoms with Crippen LogP contribution in [0.2, 0.25) is 0 Å². The summed E-state index contributed by atoms with van der Waals surface area (Å²) in [5.74, 6) is 1.12. The zero-order valence-electron chi connectivity index (χ0n) is 20.5. The van der Waals surface area contributed by atoms with Crippen molar-refractivity contribution in [1.82, 2.24) is 0 Å². The maximum atomic E-state index is 6.25. The van der Waals surface area contributed by atoms with Crippen LogP contribution >= 0.6 is 0 Å². The highest BCUT2D eigenvalue weighted by Crippen LogP contribution is 2.30. The van der Waals surface area contributed by atoms with Gasteiger partial charge in [-0.2, -0.15) is 0 Å². The van der Waals surface area contributed by atoms with Gasteiger partial charge < -0.3 is 4.74 Å². The van der Waals surface area contributed by atoms with E-state index in [9.17, 15) is 0 Å². The van der Waals surface area contributed by atoms with Gasteiger partial charge in [0.25, 0.3) is 0 Å². The number of hydrogen-bond donors (Lipinski definition) is 0. The maximum absolute atomic E-state index is 6.25. The lowest BCUT2D eigenvalue weighted by atomic mass is 9.92. The van der Waals surface area contributed by atoms with Gasteiger partial charge in [0, 0.05) is 0 Å². The molecule has 0 heterocycles. The average molecular weight is 421 g/mol. The summed E-state index contributed by atoms with van der Waals surface area (Å²) in [5, 5.41) is 0. The molecule has 0 unspecified atom stereocenters. The van der Waals surface area contributed by atoms with Gasteiger partial charge in [-0.1, -0.05) is 101 Å². The number of benzene rings is 2. The van der Waals surface area contributed by atoms with Crippen molar-refractivity contribution >= 4 is 12.2 Å². The Balaban J connectivity index is 0.00000151. The van der Waals surface area contributed by atoms with E-state index in [0.717, 1.165) is 31.6 Å². The fourth-order valence-corrected chi connectivity index (χ4v) is 3.54. The molecule has 2 aromatic rings. The van der Waals surface area contributed by atoms with Crippen LogP contribution in [0, 0.1) is 0 Å². The molecular weight excluding hydrogens is 376 g/mol. The van der Waals surface area contributed by atoms with Gasteiger partial charge in [0.15, 0.2) is 0 Å². The Kier molecular flexibility index (Phi) is 15.0. The predicted octanol–water partition coefficient (Wildman–Crippen LogP) is 9.30. The van der Waals surface area contributed by atoms with Crippen molar-refractivity contribution in [2.75, 3.05) is 6.61 Å². The second kappa shape index (κ2) is 17.4. The lowest BCUT2D eigenvalue weighted by molar-refractivity contribution is 0.302. The van der Waals surface area contributed by atoms with E-state index >= 15 is 0 Å². The summed E-state index contributed by atoms with van der Waals surface area (Å²) in [6.07, 6.45) is 17.0. The third-order valence-corrected chi connectivity index (χ3v) is 5.25. The number of hydrogen-bond acceptors (Lipinski definition) is 1. The Hall–Kier alpha value is -2.28. The van der Waals surface area contributed by atoms with E-state index in [-0.39, 0.29) is 0 Å². The second-order valence-electron chi connectivity index (χ2n) is 8.02. The zero-order chi connectivity index (χ0) is 22.7. The fraction of sp³-hybridized carbons (Fsp3) is 0.467. The molecule has 0 saturated heterocycles. The Morgan fingerprint density at radius 1 is 0.742 bits per heavy atom. The van der Waals surface area contributed by atoms with Crippen molar-refractivity contribution in [2.24, 2.45) is 0 Å². The molecule has 0 bridgehead atoms. The zero-order valence-corrected chi connectivity index (χ0v) is 20.5. The molecule has 0 aliphatic rings. The van der Waals surface area contributed by atoms with Crippen LogP contribution in [0.15, 0.2) is 55.1 Å². The minimum Gasteiger partial charge on any atom is -0.493 e. The van der Waals surface area contributed by atoms with E-state index in [2.05, 4.69) is 82.0 Å². The summed E-state index contributed by atoms with van der Waals surface area (Å²) < 4.78 is 6.25. The molecule has 0 atom stereocenters. The van der Waals surface area contributed by atoms with Gasteiger partial charge in [0.05, 0.1) is 6.61 Å². The highest BCUT2D eigenvalue weighted by Gasteiger charge is 2.13. The molecule has 0 aromatic heterocycles. The Morgan fingerprint density at radius 2 is 1.35 bits per heavy atom. The summed E-state index contributed by atoms with van der Waals surface area (Å²) in [6.45, 7) is 12.9. The van der Waals surface area contributed by atoms with Gasteiger partial charge in [-0.05, 0) is 67.3 Å². The standard InChI is InChI=1S/C27H38O.C3H6/c1-4-7-13-22-28-27-21-20-24(19-18-23-14-11-10-12-15-23)25(16-8-5-2)26(27)17-9-6-3;1-3-2/h10-12,14-15,18-21H,4-9,13,16-17,22H2,1-3H3;3H,1H2,2H3. The third kappa shape index (κ3) is 10.5. The summed E-state index contributed by atoms with van der Waals surface area (Å²) in [5.41, 5.74) is 5.54. The van der Waals surface area contributed by atoms with E-state index in [1.807, 2.05) is 6.92 Å². The topological polar surface area (TPSA) is 9.23 Å². The predicted molar refractivity (Wildman–Crippen MR) is 140 cm³/mol. The van der Waals surface area contributed by atoms with Crippen LogP contribution in [0.4, 0.5) is 0 Å². The first-order valence-electron chi connectivity index (χ1n) is 12.3. The first kappa shape index (κ1) is 26.8. The quantitative estimate of drug-likeness (QED) is 0.178. The summed E-state index contributed by atoms with van der Waals surface area (Å²) in [4.78, 5) is 0. The Bertz CT molecular complexity index is 743. The van der Waals surface area contributed by atoms with E-state index in [4.69, 9.17) is 4.74 Å². The third-order valence-electron chi connectivity index (χ3n) is 5.25. The number of rotatable bonds is 13.